The summed E-state index contributed by atoms with van der Waals surface area (Å²) in [6.07, 6.45) is -0.0822. The number of hydrogen-bond donors (Lipinski definition) is 0. The van der Waals surface area contributed by atoms with E-state index >= 15 is 0 Å². The molecule has 2 aromatic carbocycles. The van der Waals surface area contributed by atoms with Crippen molar-refractivity contribution >= 4 is 35.0 Å². The van der Waals surface area contributed by atoms with Gasteiger partial charge < -0.3 is 4.74 Å². The fourth-order valence-electron chi connectivity index (χ4n) is 4.69. The Morgan fingerprint density at radius 1 is 1.12 bits per heavy atom. The standard InChI is InChI=1S/C24H23NO6S/c1-23(2,3)31-19(26)12-15-13-32-22(14-7-6-8-16(11-14)25(29)30)24(15)20(27)17-9-4-5-10-18(17)21(24)28/h4-11,15,22H,12-13H2,1-3H3/t15-,22+/m1/s1. The summed E-state index contributed by atoms with van der Waals surface area (Å²) >= 11 is 1.39. The minimum atomic E-state index is -1.50. The van der Waals surface area contributed by atoms with Gasteiger partial charge in [-0.3, -0.25) is 24.5 Å². The summed E-state index contributed by atoms with van der Waals surface area (Å²) in [6, 6.07) is 12.7. The normalized spacial score (nSPS) is 21.6. The lowest BCUT2D eigenvalue weighted by atomic mass is 9.67. The molecule has 1 fully saturated rings. The Morgan fingerprint density at radius 3 is 2.31 bits per heavy atom. The van der Waals surface area contributed by atoms with Gasteiger partial charge in [0.1, 0.15) is 11.0 Å². The quantitative estimate of drug-likeness (QED) is 0.284. The molecule has 1 saturated heterocycles. The minimum absolute atomic E-state index is 0.0822. The number of carbonyl (C=O) groups is 3. The number of nitrogens with zero attached hydrogens (tertiary/aromatic N) is 1. The number of nitro groups is 1. The maximum Gasteiger partial charge on any atom is 0.306 e. The van der Waals surface area contributed by atoms with Crippen LogP contribution >= 0.6 is 11.8 Å². The van der Waals surface area contributed by atoms with Gasteiger partial charge in [0, 0.05) is 29.2 Å². The van der Waals surface area contributed by atoms with E-state index in [1.54, 1.807) is 57.2 Å². The van der Waals surface area contributed by atoms with Gasteiger partial charge in [0.15, 0.2) is 11.6 Å². The number of fused-ring (bicyclic) bond motifs is 1. The van der Waals surface area contributed by atoms with Crippen LogP contribution in [0.3, 0.4) is 0 Å². The Bertz CT molecular complexity index is 1100. The monoisotopic (exact) mass is 453 g/mol. The summed E-state index contributed by atoms with van der Waals surface area (Å²) in [6.45, 7) is 5.28. The summed E-state index contributed by atoms with van der Waals surface area (Å²) in [5.41, 5.74) is -1.09. The first-order valence-electron chi connectivity index (χ1n) is 10.3. The predicted molar refractivity (Wildman–Crippen MR) is 120 cm³/mol. The van der Waals surface area contributed by atoms with Crippen molar-refractivity contribution in [2.24, 2.45) is 11.3 Å². The molecule has 1 heterocycles. The van der Waals surface area contributed by atoms with E-state index in [1.807, 2.05) is 0 Å². The van der Waals surface area contributed by atoms with Gasteiger partial charge in [0.25, 0.3) is 5.69 Å². The van der Waals surface area contributed by atoms with Crippen LogP contribution in [-0.4, -0.2) is 33.8 Å². The molecule has 166 valence electrons. The van der Waals surface area contributed by atoms with Gasteiger partial charge in [0.05, 0.1) is 16.6 Å². The molecule has 7 nitrogen and oxygen atoms in total. The van der Waals surface area contributed by atoms with Crippen LogP contribution in [0.4, 0.5) is 5.69 Å². The summed E-state index contributed by atoms with van der Waals surface area (Å²) in [5, 5.41) is 10.7. The number of nitro benzene ring substituents is 1. The molecule has 0 amide bonds. The molecule has 1 aliphatic heterocycles. The SMILES string of the molecule is CC(C)(C)OC(=O)C[C@@H]1CS[C@@H](c2cccc([N+](=O)[O-])c2)C12C(=O)c1ccccc1C2=O. The van der Waals surface area contributed by atoms with Crippen molar-refractivity contribution in [2.45, 2.75) is 38.0 Å². The Balaban J connectivity index is 1.82. The van der Waals surface area contributed by atoms with Gasteiger partial charge in [0.2, 0.25) is 0 Å². The van der Waals surface area contributed by atoms with Gasteiger partial charge >= 0.3 is 5.97 Å². The van der Waals surface area contributed by atoms with Crippen molar-refractivity contribution in [3.63, 3.8) is 0 Å². The van der Waals surface area contributed by atoms with Crippen LogP contribution in [0.25, 0.3) is 0 Å². The molecule has 0 radical (unpaired) electrons. The number of ketones is 2. The Hall–Kier alpha value is -3.00. The van der Waals surface area contributed by atoms with Crippen LogP contribution < -0.4 is 0 Å². The van der Waals surface area contributed by atoms with Crippen LogP contribution in [0.2, 0.25) is 0 Å². The topological polar surface area (TPSA) is 104 Å². The number of esters is 1. The largest absolute Gasteiger partial charge is 0.460 e. The molecule has 8 heteroatoms. The van der Waals surface area contributed by atoms with Gasteiger partial charge in [-0.2, -0.15) is 11.8 Å². The van der Waals surface area contributed by atoms with Crippen molar-refractivity contribution in [3.05, 3.63) is 75.3 Å². The van der Waals surface area contributed by atoms with Crippen LogP contribution in [0, 0.1) is 21.4 Å². The van der Waals surface area contributed by atoms with Crippen molar-refractivity contribution in [1.29, 1.82) is 0 Å². The molecule has 0 bridgehead atoms. The third-order valence-electron chi connectivity index (χ3n) is 5.91. The molecule has 0 N–H and O–H groups in total. The lowest BCUT2D eigenvalue weighted by molar-refractivity contribution is -0.384. The molecule has 4 rings (SSSR count). The fourth-order valence-corrected chi connectivity index (χ4v) is 6.50. The van der Waals surface area contributed by atoms with Gasteiger partial charge in [-0.15, -0.1) is 0 Å². The van der Waals surface area contributed by atoms with Crippen LogP contribution in [0.1, 0.15) is 58.7 Å². The third kappa shape index (κ3) is 3.52. The zero-order valence-electron chi connectivity index (χ0n) is 18.0. The number of hydrogen-bond acceptors (Lipinski definition) is 7. The second-order valence-corrected chi connectivity index (χ2v) is 10.3. The minimum Gasteiger partial charge on any atom is -0.460 e. The zero-order chi connectivity index (χ0) is 23.3. The van der Waals surface area contributed by atoms with Crippen LogP contribution in [-0.2, 0) is 9.53 Å². The number of thioether (sulfide) groups is 1. The molecule has 0 unspecified atom stereocenters. The molecule has 1 aliphatic carbocycles. The first-order valence-corrected chi connectivity index (χ1v) is 11.4. The highest BCUT2D eigenvalue weighted by molar-refractivity contribution is 7.99. The van der Waals surface area contributed by atoms with E-state index in [2.05, 4.69) is 0 Å². The second kappa shape index (κ2) is 7.85. The van der Waals surface area contributed by atoms with Gasteiger partial charge in [-0.1, -0.05) is 36.4 Å². The number of carbonyl (C=O) groups excluding carboxylic acids is 3. The smallest absolute Gasteiger partial charge is 0.306 e. The molecular formula is C24H23NO6S. The molecule has 2 atom stereocenters. The fraction of sp³-hybridized carbons (Fsp3) is 0.375. The van der Waals surface area contributed by atoms with E-state index in [9.17, 15) is 24.5 Å². The Morgan fingerprint density at radius 2 is 1.75 bits per heavy atom. The Kier molecular flexibility index (Phi) is 5.45. The molecule has 2 aromatic rings. The van der Waals surface area contributed by atoms with Crippen molar-refractivity contribution < 1.29 is 24.0 Å². The highest BCUT2D eigenvalue weighted by Crippen LogP contribution is 2.63. The lowest BCUT2D eigenvalue weighted by Crippen LogP contribution is -2.43. The number of non-ortho nitro benzene ring substituents is 1. The van der Waals surface area contributed by atoms with E-state index in [0.29, 0.717) is 22.4 Å². The van der Waals surface area contributed by atoms with Gasteiger partial charge in [-0.25, -0.2) is 0 Å². The molecule has 1 spiro atoms. The first-order chi connectivity index (χ1) is 15.1. The van der Waals surface area contributed by atoms with Crippen molar-refractivity contribution in [2.75, 3.05) is 5.75 Å². The van der Waals surface area contributed by atoms with E-state index in [1.165, 1.54) is 23.9 Å². The van der Waals surface area contributed by atoms with Crippen molar-refractivity contribution in [3.8, 4) is 0 Å². The summed E-state index contributed by atoms with van der Waals surface area (Å²) in [5.74, 6) is -1.32. The molecule has 32 heavy (non-hydrogen) atoms. The number of Topliss-reactive ketones (excluding diaryl/α,β-unsaturated/α-hetero) is 2. The highest BCUT2D eigenvalue weighted by atomic mass is 32.2. The highest BCUT2D eigenvalue weighted by Gasteiger charge is 2.65. The summed E-state index contributed by atoms with van der Waals surface area (Å²) < 4.78 is 5.48. The maximum atomic E-state index is 13.8. The number of benzene rings is 2. The second-order valence-electron chi connectivity index (χ2n) is 9.13. The average Bonchev–Trinajstić information content (AvgIpc) is 3.20. The third-order valence-corrected chi connectivity index (χ3v) is 7.48. The lowest BCUT2D eigenvalue weighted by Gasteiger charge is -2.33. The van der Waals surface area contributed by atoms with Gasteiger partial charge in [-0.05, 0) is 32.1 Å². The molecule has 0 saturated carbocycles. The molecule has 0 aromatic heterocycles. The first kappa shape index (κ1) is 22.2. The molecule has 2 aliphatic rings. The van der Waals surface area contributed by atoms with E-state index in [4.69, 9.17) is 4.74 Å². The van der Waals surface area contributed by atoms with E-state index in [0.717, 1.165) is 0 Å². The number of ether oxygens (including phenoxy) is 1. The predicted octanol–water partition coefficient (Wildman–Crippen LogP) is 4.80. The zero-order valence-corrected chi connectivity index (χ0v) is 18.8. The van der Waals surface area contributed by atoms with E-state index in [-0.39, 0.29) is 23.7 Å². The van der Waals surface area contributed by atoms with Crippen LogP contribution in [0.15, 0.2) is 48.5 Å². The summed E-state index contributed by atoms with van der Waals surface area (Å²) in [4.78, 5) is 51.1. The maximum absolute atomic E-state index is 13.8. The average molecular weight is 454 g/mol. The van der Waals surface area contributed by atoms with E-state index < -0.39 is 33.1 Å². The molecular weight excluding hydrogens is 430 g/mol. The van der Waals surface area contributed by atoms with Crippen LogP contribution in [0.5, 0.6) is 0 Å². The summed E-state index contributed by atoms with van der Waals surface area (Å²) in [7, 11) is 0. The van der Waals surface area contributed by atoms with Crippen molar-refractivity contribution in [1.82, 2.24) is 0 Å². The Labute approximate surface area is 189 Å². The number of rotatable bonds is 4.